The molecule has 0 aromatic heterocycles. The highest BCUT2D eigenvalue weighted by atomic mass is 35.5. The van der Waals surface area contributed by atoms with Crippen molar-refractivity contribution in [2.45, 2.75) is 31.8 Å². The zero-order valence-corrected chi connectivity index (χ0v) is 12.5. The van der Waals surface area contributed by atoms with E-state index in [-0.39, 0.29) is 17.9 Å². The number of ether oxygens (including phenoxy) is 1. The number of hydrogen-bond donors (Lipinski definition) is 0. The maximum atomic E-state index is 12.5. The lowest BCUT2D eigenvalue weighted by Gasteiger charge is -2.22. The third kappa shape index (κ3) is 2.70. The van der Waals surface area contributed by atoms with Crippen molar-refractivity contribution in [1.82, 2.24) is 4.90 Å². The minimum atomic E-state index is 0.0546. The highest BCUT2D eigenvalue weighted by Crippen LogP contribution is 2.31. The predicted octanol–water partition coefficient (Wildman–Crippen LogP) is 3.08. The van der Waals surface area contributed by atoms with Gasteiger partial charge in [0.05, 0.1) is 12.0 Å². The summed E-state index contributed by atoms with van der Waals surface area (Å²) < 4.78 is 5.51. The highest BCUT2D eigenvalue weighted by Gasteiger charge is 2.36. The van der Waals surface area contributed by atoms with Crippen molar-refractivity contribution in [2.75, 3.05) is 19.7 Å². The van der Waals surface area contributed by atoms with Crippen molar-refractivity contribution in [2.24, 2.45) is 5.92 Å². The molecule has 0 spiro atoms. The van der Waals surface area contributed by atoms with Crippen LogP contribution < -0.4 is 0 Å². The van der Waals surface area contributed by atoms with Crippen molar-refractivity contribution in [1.29, 1.82) is 0 Å². The fraction of sp³-hybridized carbons (Fsp3) is 0.562. The molecule has 0 N–H and O–H groups in total. The maximum absolute atomic E-state index is 12.5. The van der Waals surface area contributed by atoms with E-state index >= 15 is 0 Å². The Morgan fingerprint density at radius 3 is 2.70 bits per heavy atom. The molecule has 2 heterocycles. The molecule has 1 aromatic carbocycles. The van der Waals surface area contributed by atoms with Crippen LogP contribution in [0.2, 0.25) is 5.02 Å². The Labute approximate surface area is 124 Å². The van der Waals surface area contributed by atoms with E-state index in [9.17, 15) is 4.79 Å². The number of rotatable bonds is 2. The molecule has 0 aliphatic carbocycles. The number of hydrogen-bond acceptors (Lipinski definition) is 2. The summed E-state index contributed by atoms with van der Waals surface area (Å²) in [7, 11) is 0. The number of likely N-dealkylation sites (tertiary alicyclic amines) is 1. The molecule has 2 aliphatic heterocycles. The van der Waals surface area contributed by atoms with Gasteiger partial charge in [-0.2, -0.15) is 0 Å². The van der Waals surface area contributed by atoms with Gasteiger partial charge in [-0.05, 0) is 37.5 Å². The molecule has 0 saturated carbocycles. The van der Waals surface area contributed by atoms with E-state index in [1.165, 1.54) is 5.56 Å². The molecule has 2 aliphatic rings. The van der Waals surface area contributed by atoms with Gasteiger partial charge < -0.3 is 9.64 Å². The second-order valence-electron chi connectivity index (χ2n) is 5.79. The van der Waals surface area contributed by atoms with E-state index in [0.29, 0.717) is 12.5 Å². The first kappa shape index (κ1) is 13.9. The summed E-state index contributed by atoms with van der Waals surface area (Å²) in [5, 5.41) is 0.761. The normalized spacial score (nSPS) is 29.9. The second-order valence-corrected chi connectivity index (χ2v) is 6.23. The summed E-state index contributed by atoms with van der Waals surface area (Å²) in [6, 6.07) is 7.99. The number of carbonyl (C=O) groups is 1. The largest absolute Gasteiger partial charge is 0.378 e. The third-order valence-electron chi connectivity index (χ3n) is 4.53. The van der Waals surface area contributed by atoms with Crippen LogP contribution in [0.3, 0.4) is 0 Å². The van der Waals surface area contributed by atoms with Crippen LogP contribution in [0.15, 0.2) is 24.3 Å². The molecular weight excluding hydrogens is 274 g/mol. The number of nitrogens with zero attached hydrogens (tertiary/aromatic N) is 1. The fourth-order valence-electron chi connectivity index (χ4n) is 3.26. The van der Waals surface area contributed by atoms with Gasteiger partial charge >= 0.3 is 0 Å². The standard InChI is InChI=1S/C16H20ClNO2/c1-11-15(7-9-20-11)16(19)18-8-6-13(10-18)12-2-4-14(17)5-3-12/h2-5,11,13,15H,6-10H2,1H3/t11-,13+,15+/m0/s1. The Bertz CT molecular complexity index is 488. The maximum Gasteiger partial charge on any atom is 0.228 e. The Hall–Kier alpha value is -1.06. The number of halogens is 1. The summed E-state index contributed by atoms with van der Waals surface area (Å²) >= 11 is 5.92. The van der Waals surface area contributed by atoms with Crippen molar-refractivity contribution < 1.29 is 9.53 Å². The van der Waals surface area contributed by atoms with Gasteiger partial charge in [0, 0.05) is 30.6 Å². The van der Waals surface area contributed by atoms with Gasteiger partial charge in [-0.1, -0.05) is 23.7 Å². The average Bonchev–Trinajstić information content (AvgIpc) is 3.08. The molecule has 2 saturated heterocycles. The van der Waals surface area contributed by atoms with E-state index < -0.39 is 0 Å². The van der Waals surface area contributed by atoms with E-state index in [1.807, 2.05) is 24.0 Å². The van der Waals surface area contributed by atoms with Gasteiger partial charge in [0.25, 0.3) is 0 Å². The lowest BCUT2D eigenvalue weighted by Crippen LogP contribution is -2.37. The molecule has 3 rings (SSSR count). The molecule has 3 nitrogen and oxygen atoms in total. The molecule has 20 heavy (non-hydrogen) atoms. The van der Waals surface area contributed by atoms with Crippen LogP contribution in [0.25, 0.3) is 0 Å². The van der Waals surface area contributed by atoms with Crippen LogP contribution in [0.5, 0.6) is 0 Å². The van der Waals surface area contributed by atoms with Crippen molar-refractivity contribution in [3.63, 3.8) is 0 Å². The first-order chi connectivity index (χ1) is 9.65. The number of carbonyl (C=O) groups excluding carboxylic acids is 1. The van der Waals surface area contributed by atoms with Crippen LogP contribution in [0.1, 0.15) is 31.2 Å². The highest BCUT2D eigenvalue weighted by molar-refractivity contribution is 6.30. The molecule has 4 heteroatoms. The van der Waals surface area contributed by atoms with E-state index in [1.54, 1.807) is 0 Å². The first-order valence-corrected chi connectivity index (χ1v) is 7.69. The smallest absolute Gasteiger partial charge is 0.228 e. The Balaban J connectivity index is 1.64. The van der Waals surface area contributed by atoms with Gasteiger partial charge in [-0.3, -0.25) is 4.79 Å². The van der Waals surface area contributed by atoms with E-state index in [2.05, 4.69) is 12.1 Å². The predicted molar refractivity (Wildman–Crippen MR) is 78.9 cm³/mol. The van der Waals surface area contributed by atoms with Crippen molar-refractivity contribution in [3.05, 3.63) is 34.9 Å². The van der Waals surface area contributed by atoms with Crippen LogP contribution in [0.4, 0.5) is 0 Å². The Morgan fingerprint density at radius 2 is 2.05 bits per heavy atom. The summed E-state index contributed by atoms with van der Waals surface area (Å²) in [5.41, 5.74) is 1.28. The summed E-state index contributed by atoms with van der Waals surface area (Å²) in [4.78, 5) is 14.5. The number of amides is 1. The minimum absolute atomic E-state index is 0.0546. The van der Waals surface area contributed by atoms with E-state index in [4.69, 9.17) is 16.3 Å². The Kier molecular flexibility index (Phi) is 3.99. The van der Waals surface area contributed by atoms with Gasteiger partial charge in [0.2, 0.25) is 5.91 Å². The topological polar surface area (TPSA) is 29.5 Å². The molecule has 1 aromatic rings. The fourth-order valence-corrected chi connectivity index (χ4v) is 3.38. The van der Waals surface area contributed by atoms with Crippen molar-refractivity contribution in [3.8, 4) is 0 Å². The molecule has 1 amide bonds. The quantitative estimate of drug-likeness (QED) is 0.839. The van der Waals surface area contributed by atoms with E-state index in [0.717, 1.165) is 31.0 Å². The van der Waals surface area contributed by atoms with Gasteiger partial charge in [-0.25, -0.2) is 0 Å². The molecule has 0 unspecified atom stereocenters. The number of benzene rings is 1. The lowest BCUT2D eigenvalue weighted by molar-refractivity contribution is -0.135. The molecule has 0 bridgehead atoms. The van der Waals surface area contributed by atoms with Gasteiger partial charge in [-0.15, -0.1) is 0 Å². The zero-order valence-electron chi connectivity index (χ0n) is 11.7. The van der Waals surface area contributed by atoms with Gasteiger partial charge in [0.15, 0.2) is 0 Å². The van der Waals surface area contributed by atoms with Crippen LogP contribution in [-0.4, -0.2) is 36.6 Å². The molecule has 0 radical (unpaired) electrons. The van der Waals surface area contributed by atoms with Gasteiger partial charge in [0.1, 0.15) is 0 Å². The van der Waals surface area contributed by atoms with Crippen LogP contribution in [-0.2, 0) is 9.53 Å². The van der Waals surface area contributed by atoms with Crippen LogP contribution >= 0.6 is 11.6 Å². The second kappa shape index (κ2) is 5.74. The monoisotopic (exact) mass is 293 g/mol. The summed E-state index contributed by atoms with van der Waals surface area (Å²) in [5.74, 6) is 0.763. The molecule has 108 valence electrons. The molecule has 3 atom stereocenters. The first-order valence-electron chi connectivity index (χ1n) is 7.31. The summed E-state index contributed by atoms with van der Waals surface area (Å²) in [6.07, 6.45) is 1.97. The SMILES string of the molecule is C[C@@H]1OCC[C@H]1C(=O)N1CC[C@@H](c2ccc(Cl)cc2)C1. The average molecular weight is 294 g/mol. The van der Waals surface area contributed by atoms with Crippen molar-refractivity contribution >= 4 is 17.5 Å². The molecule has 2 fully saturated rings. The molecular formula is C16H20ClNO2. The lowest BCUT2D eigenvalue weighted by atomic mass is 9.98. The third-order valence-corrected chi connectivity index (χ3v) is 4.79. The Morgan fingerprint density at radius 1 is 1.30 bits per heavy atom. The minimum Gasteiger partial charge on any atom is -0.378 e. The summed E-state index contributed by atoms with van der Waals surface area (Å²) in [6.45, 7) is 4.40. The van der Waals surface area contributed by atoms with Crippen LogP contribution in [0, 0.1) is 5.92 Å². The zero-order chi connectivity index (χ0) is 14.1.